The number of phenolic OH excluding ortho intramolecular Hbond substituents is 4. The lowest BCUT2D eigenvalue weighted by atomic mass is 9.89. The second kappa shape index (κ2) is 43.6. The van der Waals surface area contributed by atoms with E-state index in [4.69, 9.17) is 87.3 Å². The SMILES string of the molecule is COC(=O)[C@H]1NC(=O)C2NC(=O)[C@H](NC(=O)[C@@H]3NC(=O)[C@H]4NC(=O)[C@@H](NC(=O)[C@H](N)c5ccc(O)c(c5)Oc5cc4cc(O)c5C)[C@H](O)c4ccc(cc4)Oc4cc3cc(c4O[C@@H]3O[C@H](CO[C@H]4OC(C)[C@@H](O)[C@H](O)[C@@H]4O)[C@@H](O)[C@H](O)[C@H]3O[C@H]3O[C@H](CO)[C@@H](O)C(O)[C@@H]3O[C@@H]3OC[C@@H](O)[C@@H](O)[C@@H]3O)Oc3ccc(cc3)[C@H]2O[C@@H]2CC(N)[C@@H](O)[C@H](C)O2)c2ccc(O)c(c2)-c2c(O[C@@H]3O[C@H](CO)[C@@H](O)[C@H](O)C3O)cc(O)cc21. The number of hydrogen-bond donors (Lipinski definition) is 29. The van der Waals surface area contributed by atoms with Gasteiger partial charge in [-0.2, -0.15) is 0 Å². The number of rotatable bonds is 16. The van der Waals surface area contributed by atoms with E-state index in [2.05, 4.69) is 31.9 Å². The van der Waals surface area contributed by atoms with Gasteiger partial charge in [-0.15, -0.1) is 0 Å². The Bertz CT molecular complexity index is 6010. The van der Waals surface area contributed by atoms with Gasteiger partial charge in [0.2, 0.25) is 53.8 Å². The smallest absolute Gasteiger partial charge is 0.333 e. The van der Waals surface area contributed by atoms with Gasteiger partial charge in [-0.1, -0.05) is 36.4 Å². The monoisotopic (exact) mass is 2070 g/mol. The van der Waals surface area contributed by atoms with Crippen molar-refractivity contribution < 1.29 is 217 Å². The Morgan fingerprint density at radius 2 is 0.946 bits per heavy atom. The Hall–Kier alpha value is -12.1. The van der Waals surface area contributed by atoms with Gasteiger partial charge in [0.1, 0.15) is 192 Å². The first-order chi connectivity index (χ1) is 70.0. The highest BCUT2D eigenvalue weighted by Crippen LogP contribution is 2.51. The molecule has 12 heterocycles. The van der Waals surface area contributed by atoms with Crippen molar-refractivity contribution in [3.63, 3.8) is 0 Å². The van der Waals surface area contributed by atoms with Crippen LogP contribution in [-0.2, 0) is 85.7 Å². The summed E-state index contributed by atoms with van der Waals surface area (Å²) < 4.78 is 99.8. The zero-order valence-electron chi connectivity index (χ0n) is 77.9. The summed E-state index contributed by atoms with van der Waals surface area (Å²) in [4.78, 5) is 113. The molecule has 31 N–H and O–H groups in total. The number of esters is 1. The number of amides is 6. The molecule has 7 aromatic carbocycles. The molecule has 52 nitrogen and oxygen atoms in total. The van der Waals surface area contributed by atoms with E-state index in [-0.39, 0.29) is 39.5 Å². The molecule has 794 valence electrons. The molecule has 12 aliphatic heterocycles. The lowest BCUT2D eigenvalue weighted by molar-refractivity contribution is -0.385. The van der Waals surface area contributed by atoms with Crippen LogP contribution in [0.25, 0.3) is 11.1 Å². The number of benzene rings is 7. The van der Waals surface area contributed by atoms with E-state index < -0.39 is 386 Å². The van der Waals surface area contributed by atoms with E-state index >= 15 is 24.0 Å². The van der Waals surface area contributed by atoms with E-state index in [1.165, 1.54) is 51.1 Å². The molecule has 6 saturated heterocycles. The third-order valence-electron chi connectivity index (χ3n) is 27.1. The van der Waals surface area contributed by atoms with E-state index in [1.54, 1.807) is 0 Å². The van der Waals surface area contributed by atoms with E-state index in [0.717, 1.165) is 98.1 Å². The minimum atomic E-state index is -2.60. The molecule has 0 spiro atoms. The van der Waals surface area contributed by atoms with Crippen LogP contribution >= 0.6 is 0 Å². The highest BCUT2D eigenvalue weighted by Gasteiger charge is 2.57. The fourth-order valence-corrected chi connectivity index (χ4v) is 18.6. The summed E-state index contributed by atoms with van der Waals surface area (Å²) in [5, 5.41) is 257. The zero-order chi connectivity index (χ0) is 105. The Morgan fingerprint density at radius 1 is 0.429 bits per heavy atom. The van der Waals surface area contributed by atoms with Crippen LogP contribution in [-0.4, -0.2) is 366 Å². The summed E-state index contributed by atoms with van der Waals surface area (Å²) in [6.45, 7) is 0.141. The topological polar surface area (TPSA) is 816 Å². The minimum absolute atomic E-state index is 0.0673. The molecule has 37 atom stereocenters. The molecule has 6 fully saturated rings. The average molecular weight is 2070 g/mol. The van der Waals surface area contributed by atoms with Crippen LogP contribution in [0.5, 0.6) is 69.0 Å². The predicted molar refractivity (Wildman–Crippen MR) is 483 cm³/mol. The number of ether oxygens (including phenoxy) is 16. The minimum Gasteiger partial charge on any atom is -0.508 e. The molecule has 52 heteroatoms. The molecule has 6 amide bonds. The van der Waals surface area contributed by atoms with Crippen molar-refractivity contribution >= 4 is 41.4 Å². The highest BCUT2D eigenvalue weighted by molar-refractivity contribution is 6.00. The number of phenols is 4. The van der Waals surface area contributed by atoms with Crippen molar-refractivity contribution in [3.05, 3.63) is 166 Å². The molecule has 0 aliphatic carbocycles. The number of nitrogens with two attached hydrogens (primary N) is 2. The number of methoxy groups -OCH3 is 1. The van der Waals surface area contributed by atoms with Gasteiger partial charge < -0.3 is 226 Å². The number of nitrogens with one attached hydrogen (secondary N) is 6. The highest BCUT2D eigenvalue weighted by atomic mass is 16.8. The number of carbonyl (C=O) groups excluding carboxylic acids is 7. The lowest BCUT2D eigenvalue weighted by Gasteiger charge is -2.48. The van der Waals surface area contributed by atoms with Gasteiger partial charge in [-0.3, -0.25) is 28.8 Å². The standard InChI is InChI=1S/C95H110N8O44/c1-30-47(109)18-37-20-49(30)139-50-19-35(9-16-46(50)108)59(97)84(125)102-64-68(113)33-5-11-40(12-6-33)137-52-21-38-22-53(81(52)145-95-83(76(121)72(117)56(143-95)29-134-91-78(123)73(118)67(112)32(3)136-91)147-94-82(75(120)71(116)55(27-105)142-94)146-92-77(122)69(114)48(110)28-133-92)138-41-13-7-34(8-14-41)80(144-57-25-44(96)66(111)31(2)135-57)65-89(130)101-63(90(131)132-4)43-23-39(106)24-51(140-93-79(124)74(119)70(115)54(26-104)141-93)58(43)42-17-36(10-15-45(42)107)60(85(126)103-65)98-87(128)62(38)99-86(127)61(37)100-88(64)129/h5-24,31-32,44,48,54-57,59-80,82-83,91-95,104-124H,25-29,96-97H2,1-4H3,(H,98,128)(H,99,127)(H,100,129)(H,101,130)(H,102,125)(H,103,126)/t31-,32?,44?,48+,54+,55+,56+,57+,59+,60+,61-,62+,63-,64-,65?,66-,67+,68+,69+,70+,71+,72+,73-,74-,75?,76-,77-,78-,79?,80+,82-,83+,91-,92-,93+,94+,95-/m0/s1. The Kier molecular flexibility index (Phi) is 31.5. The van der Waals surface area contributed by atoms with Crippen molar-refractivity contribution in [1.29, 1.82) is 0 Å². The molecular weight excluding hydrogens is 1960 g/mol. The van der Waals surface area contributed by atoms with Gasteiger partial charge in [-0.25, -0.2) is 4.79 Å². The first-order valence-electron chi connectivity index (χ1n) is 46.4. The van der Waals surface area contributed by atoms with Crippen LogP contribution in [0.3, 0.4) is 0 Å². The predicted octanol–water partition coefficient (Wildman–Crippen LogP) is -6.50. The molecule has 147 heavy (non-hydrogen) atoms. The van der Waals surface area contributed by atoms with Gasteiger partial charge in [0, 0.05) is 40.8 Å². The average Bonchev–Trinajstić information content (AvgIpc) is 0.742. The molecule has 17 bridgehead atoms. The molecular formula is C95H110N8O44. The van der Waals surface area contributed by atoms with E-state index in [9.17, 15) is 117 Å². The van der Waals surface area contributed by atoms with Crippen LogP contribution in [0.2, 0.25) is 0 Å². The Morgan fingerprint density at radius 3 is 1.59 bits per heavy atom. The Balaban J connectivity index is 0.908. The first-order valence-corrected chi connectivity index (χ1v) is 46.4. The molecule has 19 rings (SSSR count). The van der Waals surface area contributed by atoms with Crippen molar-refractivity contribution in [2.75, 3.05) is 33.5 Å². The molecule has 0 aromatic heterocycles. The largest absolute Gasteiger partial charge is 0.508 e. The second-order valence-electron chi connectivity index (χ2n) is 36.9. The van der Waals surface area contributed by atoms with E-state index in [1.807, 2.05) is 0 Å². The molecule has 0 saturated carbocycles. The van der Waals surface area contributed by atoms with Crippen molar-refractivity contribution in [2.45, 2.75) is 254 Å². The quantitative estimate of drug-likeness (QED) is 0.0400. The van der Waals surface area contributed by atoms with E-state index in [0.29, 0.717) is 0 Å². The third-order valence-corrected chi connectivity index (χ3v) is 27.1. The maximum absolute atomic E-state index is 17.3. The van der Waals surface area contributed by atoms with Crippen molar-refractivity contribution in [3.8, 4) is 80.1 Å². The summed E-state index contributed by atoms with van der Waals surface area (Å²) in [6, 6.07) is 4.22. The Labute approximate surface area is 831 Å². The van der Waals surface area contributed by atoms with Crippen LogP contribution in [0.15, 0.2) is 121 Å². The third kappa shape index (κ3) is 21.4. The summed E-state index contributed by atoms with van der Waals surface area (Å²) in [5.74, 6) is -17.8. The van der Waals surface area contributed by atoms with Crippen LogP contribution < -0.4 is 67.1 Å². The number of carbonyl (C=O) groups is 7. The first kappa shape index (κ1) is 106. The number of fused-ring (bicyclic) bond motifs is 14. The number of hydrogen-bond acceptors (Lipinski definition) is 46. The van der Waals surface area contributed by atoms with Crippen molar-refractivity contribution in [2.24, 2.45) is 11.5 Å². The van der Waals surface area contributed by atoms with Gasteiger partial charge in [0.15, 0.2) is 60.3 Å². The molecule has 5 unspecified atom stereocenters. The summed E-state index contributed by atoms with van der Waals surface area (Å²) >= 11 is 0. The van der Waals surface area contributed by atoms with Gasteiger partial charge in [0.05, 0.1) is 51.8 Å². The van der Waals surface area contributed by atoms with Crippen LogP contribution in [0.1, 0.15) is 107 Å². The summed E-state index contributed by atoms with van der Waals surface area (Å²) in [5.41, 5.74) is 9.22. The van der Waals surface area contributed by atoms with Crippen molar-refractivity contribution in [1.82, 2.24) is 31.9 Å². The van der Waals surface area contributed by atoms with Crippen LogP contribution in [0, 0.1) is 6.92 Å². The van der Waals surface area contributed by atoms with Gasteiger partial charge in [0.25, 0.3) is 0 Å². The fourth-order valence-electron chi connectivity index (χ4n) is 18.6. The lowest BCUT2D eigenvalue weighted by Crippen LogP contribution is -2.67. The van der Waals surface area contributed by atoms with Gasteiger partial charge in [-0.05, 0) is 133 Å². The van der Waals surface area contributed by atoms with Gasteiger partial charge >= 0.3 is 5.97 Å². The second-order valence-corrected chi connectivity index (χ2v) is 36.9. The maximum Gasteiger partial charge on any atom is 0.333 e. The number of aliphatic hydroxyl groups is 17. The van der Waals surface area contributed by atoms with Crippen LogP contribution in [0.4, 0.5) is 0 Å². The molecule has 0 radical (unpaired) electrons. The summed E-state index contributed by atoms with van der Waals surface area (Å²) in [7, 11) is 0.873. The fraction of sp³-hybridized carbons (Fsp3) is 0.484. The molecule has 12 aliphatic rings. The number of aromatic hydroxyl groups is 4. The summed E-state index contributed by atoms with van der Waals surface area (Å²) in [6.07, 6.45) is -58.6. The normalized spacial score (nSPS) is 36.2. The zero-order valence-corrected chi connectivity index (χ0v) is 77.9. The number of aliphatic hydroxyl groups excluding tert-OH is 17. The maximum atomic E-state index is 17.3. The molecule has 7 aromatic rings.